The van der Waals surface area contributed by atoms with E-state index in [0.29, 0.717) is 22.2 Å². The summed E-state index contributed by atoms with van der Waals surface area (Å²) in [5.74, 6) is 5.07. The van der Waals surface area contributed by atoms with Crippen LogP contribution < -0.4 is 0 Å². The number of halogens is 6. The summed E-state index contributed by atoms with van der Waals surface area (Å²) in [7, 11) is 0. The van der Waals surface area contributed by atoms with Gasteiger partial charge in [-0.25, -0.2) is 64.2 Å². The van der Waals surface area contributed by atoms with Crippen LogP contribution in [0.4, 0.5) is 17.6 Å². The van der Waals surface area contributed by atoms with Crippen LogP contribution in [-0.2, 0) is 65.7 Å². The molecule has 0 fully saturated rings. The van der Waals surface area contributed by atoms with Crippen molar-refractivity contribution >= 4 is 44.9 Å². The van der Waals surface area contributed by atoms with E-state index in [4.69, 9.17) is 23.2 Å². The number of fused-ring (bicyclic) bond motifs is 2. The van der Waals surface area contributed by atoms with Gasteiger partial charge in [0.05, 0.1) is 22.5 Å². The van der Waals surface area contributed by atoms with E-state index in [9.17, 15) is 17.6 Å². The Hall–Kier alpha value is -10.5. The van der Waals surface area contributed by atoms with Crippen molar-refractivity contribution in [2.45, 2.75) is 359 Å². The number of aromatic nitrogens is 17. The molecule has 0 N–H and O–H groups in total. The largest absolute Gasteiger partial charge is 0.416 e. The van der Waals surface area contributed by atoms with Gasteiger partial charge in [0.2, 0.25) is 0 Å². The number of rotatable bonds is 0. The van der Waals surface area contributed by atoms with Crippen LogP contribution in [0.25, 0.3) is 21.7 Å². The average molecular weight is 1880 g/mol. The lowest BCUT2D eigenvalue weighted by Gasteiger charge is -2.20. The molecule has 23 heteroatoms. The summed E-state index contributed by atoms with van der Waals surface area (Å²) in [6.45, 7) is 76.1. The van der Waals surface area contributed by atoms with Gasteiger partial charge in [-0.05, 0) is 123 Å². The second kappa shape index (κ2) is 54.9. The van der Waals surface area contributed by atoms with Gasteiger partial charge in [-0.15, -0.1) is 0 Å². The summed E-state index contributed by atoms with van der Waals surface area (Å²) in [4.78, 5) is 71.9. The molecule has 0 saturated heterocycles. The predicted octanol–water partition coefficient (Wildman–Crippen LogP) is 31.7. The molecule has 0 aliphatic rings. The zero-order valence-corrected chi connectivity index (χ0v) is 85.5. The molecule has 0 spiro atoms. The lowest BCUT2D eigenvalue weighted by molar-refractivity contribution is -0.137. The van der Waals surface area contributed by atoms with E-state index in [1.165, 1.54) is 22.5 Å². The van der Waals surface area contributed by atoms with Gasteiger partial charge in [-0.2, -0.15) is 13.2 Å². The molecule has 17 nitrogen and oxygen atoms in total. The zero-order chi connectivity index (χ0) is 98.3. The highest BCUT2D eigenvalue weighted by Crippen LogP contribution is 2.34. The second-order valence-corrected chi connectivity index (χ2v) is 43.5. The third kappa shape index (κ3) is 48.1. The topological polar surface area (TPSA) is 219 Å². The Balaban J connectivity index is -0.00000141. The molecular weight excluding hydrogens is 1720 g/mol. The van der Waals surface area contributed by atoms with Crippen LogP contribution in [0.5, 0.6) is 0 Å². The fourth-order valence-electron chi connectivity index (χ4n) is 10.6. The first kappa shape index (κ1) is 128. The number of pyridine rings is 5. The highest BCUT2D eigenvalue weighted by atomic mass is 35.5. The molecule has 736 valence electrons. The molecule has 0 amide bonds. The molecule has 0 bridgehead atoms. The molecule has 13 aromatic rings. The summed E-state index contributed by atoms with van der Waals surface area (Å²) in [5, 5.41) is 4.89. The smallest absolute Gasteiger partial charge is 0.261 e. The molecule has 11 aromatic heterocycles. The lowest BCUT2D eigenvalue weighted by Crippen LogP contribution is -2.16. The number of benzene rings is 2. The van der Waals surface area contributed by atoms with Gasteiger partial charge < -0.3 is 0 Å². The van der Waals surface area contributed by atoms with Crippen LogP contribution in [-0.4, -0.2) is 84.7 Å². The minimum atomic E-state index is -4.30. The SMILES string of the molecule is C.C.C.C.C.CC(C)(C)c1cc(Cl)ccn1.CC(C)(C)c1ccccn1.CC(C)(C)c1ncc2ccccc2n1.CC(C)(C)c1nccc(Cl)n1.CC(C)(C)c1nccc2ccccc12.CC(C)(C)c1ncccc1F.CC(C)(C)c1ncccn1.Cc1cc(C(F)(F)F)cc(C(C)(C)C)n1.Cc1cnc(C(C)(C)C)nc1.Cc1cnc(C(C)(C)C)nc1.Cc1cnc(C(C)(C)C)nc1. The Morgan fingerprint density at radius 2 is 0.604 bits per heavy atom. The molecule has 13 rings (SSSR count). The fourth-order valence-corrected chi connectivity index (χ4v) is 10.8. The van der Waals surface area contributed by atoms with Crippen LogP contribution >= 0.6 is 23.2 Å². The van der Waals surface area contributed by atoms with Crippen LogP contribution in [0.3, 0.4) is 0 Å². The van der Waals surface area contributed by atoms with Gasteiger partial charge in [0.25, 0.3) is 0 Å². The first-order chi connectivity index (χ1) is 59.0. The Morgan fingerprint density at radius 3 is 0.955 bits per heavy atom. The maximum Gasteiger partial charge on any atom is 0.416 e. The summed E-state index contributed by atoms with van der Waals surface area (Å²) in [6, 6.07) is 37.0. The van der Waals surface area contributed by atoms with Crippen molar-refractivity contribution in [1.29, 1.82) is 0 Å². The fraction of sp³-hybridized carbons (Fsp3) is 0.486. The van der Waals surface area contributed by atoms with E-state index in [1.807, 2.05) is 167 Å². The molecule has 0 radical (unpaired) electrons. The van der Waals surface area contributed by atoms with Crippen molar-refractivity contribution in [3.05, 3.63) is 315 Å². The van der Waals surface area contributed by atoms with E-state index < -0.39 is 11.7 Å². The Bertz CT molecular complexity index is 5190. The van der Waals surface area contributed by atoms with E-state index in [0.717, 1.165) is 91.1 Å². The van der Waals surface area contributed by atoms with Crippen molar-refractivity contribution in [3.63, 3.8) is 0 Å². The summed E-state index contributed by atoms with van der Waals surface area (Å²) in [6.07, 6.45) is 21.0. The maximum absolute atomic E-state index is 13.0. The first-order valence-corrected chi connectivity index (χ1v) is 44.2. The van der Waals surface area contributed by atoms with Crippen molar-refractivity contribution in [2.24, 2.45) is 0 Å². The van der Waals surface area contributed by atoms with Gasteiger partial charge in [-0.3, -0.25) is 24.9 Å². The van der Waals surface area contributed by atoms with Crippen molar-refractivity contribution in [3.8, 4) is 0 Å². The highest BCUT2D eigenvalue weighted by molar-refractivity contribution is 6.30. The van der Waals surface area contributed by atoms with Crippen molar-refractivity contribution in [2.75, 3.05) is 0 Å². The molecule has 0 aliphatic heterocycles. The van der Waals surface area contributed by atoms with Crippen LogP contribution in [0.1, 0.15) is 357 Å². The zero-order valence-electron chi connectivity index (χ0n) is 84.0. The van der Waals surface area contributed by atoms with Crippen molar-refractivity contribution in [1.82, 2.24) is 84.7 Å². The first-order valence-electron chi connectivity index (χ1n) is 43.4. The van der Waals surface area contributed by atoms with Crippen LogP contribution in [0, 0.1) is 33.5 Å². The Labute approximate surface area is 816 Å². The number of hydrogen-bond acceptors (Lipinski definition) is 17. The predicted molar refractivity (Wildman–Crippen MR) is 562 cm³/mol. The number of nitrogens with zero attached hydrogens (tertiary/aromatic N) is 17. The number of para-hydroxylation sites is 1. The second-order valence-electron chi connectivity index (χ2n) is 42.7. The number of hydrogen-bond donors (Lipinski definition) is 0. The molecule has 0 unspecified atom stereocenters. The lowest BCUT2D eigenvalue weighted by atomic mass is 9.88. The minimum Gasteiger partial charge on any atom is -0.261 e. The Morgan fingerprint density at radius 1 is 0.254 bits per heavy atom. The third-order valence-corrected chi connectivity index (χ3v) is 18.3. The summed E-state index contributed by atoms with van der Waals surface area (Å²) in [5.41, 5.74) is 8.54. The van der Waals surface area contributed by atoms with E-state index in [2.05, 4.69) is 308 Å². The Kier molecular flexibility index (Phi) is 52.3. The molecule has 0 aliphatic carbocycles. The van der Waals surface area contributed by atoms with Gasteiger partial charge in [0.1, 0.15) is 45.9 Å². The molecule has 0 saturated carbocycles. The monoisotopic (exact) mass is 1880 g/mol. The normalized spacial score (nSPS) is 11.4. The average Bonchev–Trinajstić information content (AvgIpc) is 0.795. The molecule has 2 aromatic carbocycles. The minimum absolute atomic E-state index is 0. The maximum atomic E-state index is 13.0. The standard InChI is InChI=1S/C13H15N.C12H14N2.C11H14F3N.C9H12ClN.C9H12FN.3C9H14N2.C9H13N.C8H11ClN2.C8H12N2.5CH4/c1-13(2,3)12-11-7-5-4-6-10(11)8-9-14-12;1-12(2,3)11-13-8-9-6-4-5-7-10(9)14-11;1-7-5-8(11(12,13)14)6-9(15-7)10(2,3)4;1-9(2,3)8-6-7(10)4-5-11-8;1-9(2,3)8-7(10)5-4-6-11-8;3*1-7-5-10-8(11-6-7)9(2,3)4;1-9(2,3)8-6-4-5-7-10-8;1-8(2,3)7-10-5-4-6(9)11-7;1-8(2,3)7-9-5-4-6-10-7;;;;;/h4-9H,1-3H3;4-8H,1-3H3;5-6H,1-4H3;2*4-6H,1-3H3;3*5-6H,1-4H3;4-7H,1-3H3;4-5H,1-3H3;4-6H,1-3H3;5*1H4. The van der Waals surface area contributed by atoms with E-state index in [-0.39, 0.29) is 103 Å². The molecule has 0 atom stereocenters. The van der Waals surface area contributed by atoms with Gasteiger partial charge in [-0.1, -0.05) is 337 Å². The van der Waals surface area contributed by atoms with E-state index in [1.54, 1.807) is 56.1 Å². The third-order valence-electron chi connectivity index (χ3n) is 17.9. The van der Waals surface area contributed by atoms with Crippen LogP contribution in [0.2, 0.25) is 10.2 Å². The highest BCUT2D eigenvalue weighted by Gasteiger charge is 2.33. The quantitative estimate of drug-likeness (QED) is 0.102. The van der Waals surface area contributed by atoms with Gasteiger partial charge >= 0.3 is 6.18 Å². The van der Waals surface area contributed by atoms with Crippen LogP contribution in [0.15, 0.2) is 208 Å². The van der Waals surface area contributed by atoms with E-state index >= 15 is 0 Å². The molecule has 134 heavy (non-hydrogen) atoms. The van der Waals surface area contributed by atoms with Gasteiger partial charge in [0.15, 0.2) is 0 Å². The molecular formula is C111H165Cl2F4N17. The summed E-state index contributed by atoms with van der Waals surface area (Å²) >= 11 is 11.5. The number of aryl methyl sites for hydroxylation is 4. The van der Waals surface area contributed by atoms with Crippen molar-refractivity contribution < 1.29 is 17.6 Å². The molecule has 11 heterocycles. The van der Waals surface area contributed by atoms with Gasteiger partial charge in [0, 0.05) is 185 Å². The summed E-state index contributed by atoms with van der Waals surface area (Å²) < 4.78 is 50.5. The number of alkyl halides is 3.